The highest BCUT2D eigenvalue weighted by Crippen LogP contribution is 2.37. The third-order valence-electron chi connectivity index (χ3n) is 5.26. The number of carbonyl (C=O) groups excluding carboxylic acids is 2. The van der Waals surface area contributed by atoms with Crippen LogP contribution in [-0.4, -0.2) is 46.8 Å². The van der Waals surface area contributed by atoms with Gasteiger partial charge in [-0.05, 0) is 30.2 Å². The van der Waals surface area contributed by atoms with Crippen LogP contribution in [0.2, 0.25) is 0 Å². The van der Waals surface area contributed by atoms with Crippen molar-refractivity contribution >= 4 is 23.3 Å². The number of nitrogens with two attached hydrogens (primary N) is 1. The predicted molar refractivity (Wildman–Crippen MR) is 114 cm³/mol. The molecule has 8 heteroatoms. The molecule has 3 rings (SSSR count). The number of aliphatic hydroxyl groups excluding tert-OH is 1. The van der Waals surface area contributed by atoms with Crippen LogP contribution in [0.4, 0.5) is 10.5 Å². The minimum Gasteiger partial charge on any atom is -0.399 e. The molecule has 0 saturated carbocycles. The van der Waals surface area contributed by atoms with E-state index in [0.29, 0.717) is 17.0 Å². The lowest BCUT2D eigenvalue weighted by Gasteiger charge is -2.36. The number of nitrogens with zero attached hydrogens (tertiary/aromatic N) is 2. The van der Waals surface area contributed by atoms with Crippen molar-refractivity contribution in [1.82, 2.24) is 4.90 Å². The maximum atomic E-state index is 13.1. The summed E-state index contributed by atoms with van der Waals surface area (Å²) >= 11 is 0. The highest BCUT2D eigenvalue weighted by Gasteiger charge is 2.52. The quantitative estimate of drug-likeness (QED) is 0.635. The van der Waals surface area contributed by atoms with Crippen molar-refractivity contribution in [2.24, 2.45) is 10.9 Å². The molecule has 1 aliphatic heterocycles. The number of benzene rings is 2. The van der Waals surface area contributed by atoms with Crippen molar-refractivity contribution in [3.63, 3.8) is 0 Å². The third kappa shape index (κ3) is 4.44. The van der Waals surface area contributed by atoms with E-state index in [2.05, 4.69) is 10.5 Å². The summed E-state index contributed by atoms with van der Waals surface area (Å²) in [5.41, 5.74) is 7.06. The van der Waals surface area contributed by atoms with Crippen molar-refractivity contribution < 1.29 is 19.5 Å². The molecule has 2 aromatic carbocycles. The van der Waals surface area contributed by atoms with Crippen LogP contribution in [0.25, 0.3) is 0 Å². The zero-order valence-electron chi connectivity index (χ0n) is 17.0. The van der Waals surface area contributed by atoms with E-state index in [4.69, 9.17) is 10.6 Å². The fourth-order valence-electron chi connectivity index (χ4n) is 3.81. The second-order valence-electron chi connectivity index (χ2n) is 7.43. The monoisotopic (exact) mass is 410 g/mol. The number of primary amides is 1. The number of aryl methyl sites for hydroxylation is 1. The van der Waals surface area contributed by atoms with Gasteiger partial charge in [-0.1, -0.05) is 47.6 Å². The fourth-order valence-corrected chi connectivity index (χ4v) is 3.81. The van der Waals surface area contributed by atoms with Gasteiger partial charge in [0.2, 0.25) is 5.91 Å². The lowest BCUT2D eigenvalue weighted by molar-refractivity contribution is -0.128. The van der Waals surface area contributed by atoms with Gasteiger partial charge >= 0.3 is 6.03 Å². The normalized spacial score (nSPS) is 20.8. The summed E-state index contributed by atoms with van der Waals surface area (Å²) in [5, 5.41) is 17.6. The van der Waals surface area contributed by atoms with E-state index in [1.54, 1.807) is 30.3 Å². The van der Waals surface area contributed by atoms with Gasteiger partial charge in [0.05, 0.1) is 18.4 Å². The lowest BCUT2D eigenvalue weighted by atomic mass is 9.86. The second kappa shape index (κ2) is 8.96. The number of likely N-dealkylation sites (tertiary alicyclic amines) is 1. The number of hydrogen-bond acceptors (Lipinski definition) is 5. The molecule has 30 heavy (non-hydrogen) atoms. The molecule has 2 atom stereocenters. The molecule has 2 aromatic rings. The molecule has 0 aliphatic carbocycles. The number of hydrogen-bond donors (Lipinski definition) is 3. The first kappa shape index (κ1) is 21.3. The Morgan fingerprint density at radius 2 is 2.00 bits per heavy atom. The van der Waals surface area contributed by atoms with E-state index >= 15 is 0 Å². The SMILES string of the molecule is CON=C1CN(C(=O)Nc2cccc(C)c2)C(CC(O)c2ccccc2)(C(N)=O)C1. The van der Waals surface area contributed by atoms with Crippen LogP contribution in [-0.2, 0) is 9.63 Å². The molecule has 1 heterocycles. The summed E-state index contributed by atoms with van der Waals surface area (Å²) in [7, 11) is 1.40. The number of carbonyl (C=O) groups is 2. The van der Waals surface area contributed by atoms with Crippen molar-refractivity contribution in [3.8, 4) is 0 Å². The Morgan fingerprint density at radius 1 is 1.27 bits per heavy atom. The van der Waals surface area contributed by atoms with Gasteiger partial charge in [-0.3, -0.25) is 4.79 Å². The summed E-state index contributed by atoms with van der Waals surface area (Å²) in [5.74, 6) is -0.710. The van der Waals surface area contributed by atoms with Crippen LogP contribution in [0, 0.1) is 6.92 Å². The molecule has 1 aliphatic rings. The Kier molecular flexibility index (Phi) is 6.37. The van der Waals surface area contributed by atoms with Gasteiger partial charge < -0.3 is 25.9 Å². The number of aliphatic hydroxyl groups is 1. The summed E-state index contributed by atoms with van der Waals surface area (Å²) in [6, 6.07) is 15.8. The topological polar surface area (TPSA) is 117 Å². The van der Waals surface area contributed by atoms with Gasteiger partial charge in [0, 0.05) is 18.5 Å². The molecule has 8 nitrogen and oxygen atoms in total. The first-order chi connectivity index (χ1) is 14.4. The Hall–Kier alpha value is -3.39. The molecule has 0 bridgehead atoms. The number of anilines is 1. The maximum Gasteiger partial charge on any atom is 0.323 e. The summed E-state index contributed by atoms with van der Waals surface area (Å²) < 4.78 is 0. The van der Waals surface area contributed by atoms with Crippen LogP contribution >= 0.6 is 0 Å². The van der Waals surface area contributed by atoms with E-state index in [0.717, 1.165) is 5.56 Å². The molecule has 2 unspecified atom stereocenters. The van der Waals surface area contributed by atoms with Crippen molar-refractivity contribution in [3.05, 3.63) is 65.7 Å². The lowest BCUT2D eigenvalue weighted by Crippen LogP contribution is -2.57. The van der Waals surface area contributed by atoms with Crippen LogP contribution in [0.5, 0.6) is 0 Å². The van der Waals surface area contributed by atoms with Crippen LogP contribution in [0.1, 0.15) is 30.1 Å². The van der Waals surface area contributed by atoms with E-state index in [1.165, 1.54) is 12.0 Å². The number of oxime groups is 1. The standard InChI is InChI=1S/C22H26N4O4/c1-15-7-6-10-17(11-15)24-21(29)26-14-18(25-30-2)12-22(26,20(23)28)13-19(27)16-8-4-3-5-9-16/h3-11,19,27H,12-14H2,1-2H3,(H2,23,28)(H,24,29). The first-order valence-corrected chi connectivity index (χ1v) is 9.63. The highest BCUT2D eigenvalue weighted by atomic mass is 16.6. The number of amides is 3. The van der Waals surface area contributed by atoms with Gasteiger partial charge in [0.1, 0.15) is 12.6 Å². The molecule has 0 spiro atoms. The van der Waals surface area contributed by atoms with E-state index in [9.17, 15) is 14.7 Å². The summed E-state index contributed by atoms with van der Waals surface area (Å²) in [6.07, 6.45) is -0.965. The number of urea groups is 1. The smallest absolute Gasteiger partial charge is 0.323 e. The molecular formula is C22H26N4O4. The Bertz CT molecular complexity index is 947. The Labute approximate surface area is 175 Å². The van der Waals surface area contributed by atoms with Gasteiger partial charge in [0.25, 0.3) is 0 Å². The number of rotatable bonds is 6. The molecule has 0 aromatic heterocycles. The highest BCUT2D eigenvalue weighted by molar-refractivity contribution is 6.05. The Morgan fingerprint density at radius 3 is 2.63 bits per heavy atom. The molecule has 1 saturated heterocycles. The van der Waals surface area contributed by atoms with Crippen LogP contribution in [0.15, 0.2) is 59.8 Å². The van der Waals surface area contributed by atoms with Gasteiger partial charge in [-0.2, -0.15) is 0 Å². The third-order valence-corrected chi connectivity index (χ3v) is 5.26. The van der Waals surface area contributed by atoms with Crippen molar-refractivity contribution in [2.75, 3.05) is 19.0 Å². The zero-order valence-corrected chi connectivity index (χ0v) is 17.0. The Balaban J connectivity index is 1.93. The maximum absolute atomic E-state index is 13.1. The summed E-state index contributed by atoms with van der Waals surface area (Å²) in [4.78, 5) is 32.0. The minimum absolute atomic E-state index is 0.0592. The van der Waals surface area contributed by atoms with E-state index in [1.807, 2.05) is 31.2 Å². The average Bonchev–Trinajstić information content (AvgIpc) is 3.08. The molecule has 1 fully saturated rings. The summed E-state index contributed by atoms with van der Waals surface area (Å²) in [6.45, 7) is 1.98. The molecule has 4 N–H and O–H groups in total. The van der Waals surface area contributed by atoms with Gasteiger partial charge in [-0.25, -0.2) is 4.79 Å². The molecular weight excluding hydrogens is 384 g/mol. The van der Waals surface area contributed by atoms with Crippen LogP contribution < -0.4 is 11.1 Å². The predicted octanol–water partition coefficient (Wildman–Crippen LogP) is 2.58. The fraction of sp³-hybridized carbons (Fsp3) is 0.318. The first-order valence-electron chi connectivity index (χ1n) is 9.63. The largest absolute Gasteiger partial charge is 0.399 e. The number of nitrogens with one attached hydrogen (secondary N) is 1. The van der Waals surface area contributed by atoms with Gasteiger partial charge in [-0.15, -0.1) is 0 Å². The minimum atomic E-state index is -1.44. The molecule has 3 amide bonds. The van der Waals surface area contributed by atoms with Crippen molar-refractivity contribution in [1.29, 1.82) is 0 Å². The zero-order chi connectivity index (χ0) is 21.7. The second-order valence-corrected chi connectivity index (χ2v) is 7.43. The van der Waals surface area contributed by atoms with Crippen molar-refractivity contribution in [2.45, 2.75) is 31.4 Å². The van der Waals surface area contributed by atoms with Gasteiger partial charge in [0.15, 0.2) is 0 Å². The molecule has 158 valence electrons. The average molecular weight is 410 g/mol. The van der Waals surface area contributed by atoms with E-state index in [-0.39, 0.29) is 19.4 Å². The van der Waals surface area contributed by atoms with E-state index < -0.39 is 23.6 Å². The molecule has 0 radical (unpaired) electrons. The van der Waals surface area contributed by atoms with Crippen LogP contribution in [0.3, 0.4) is 0 Å².